The number of guanidine groups is 2. The number of rotatable bonds is 1. The number of phenols is 2. The number of hydrogen-bond acceptors (Lipinski definition) is 4. The summed E-state index contributed by atoms with van der Waals surface area (Å²) in [7, 11) is 1.48. The fraction of sp³-hybridized carbons (Fsp3) is 0.111. The van der Waals surface area contributed by atoms with Crippen LogP contribution in [-0.4, -0.2) is 29.2 Å². The summed E-state index contributed by atoms with van der Waals surface area (Å²) in [6.07, 6.45) is 0. The summed E-state index contributed by atoms with van der Waals surface area (Å²) < 4.78 is 0. The lowest BCUT2D eigenvalue weighted by atomic mass is 10.2. The molecule has 7 N–H and O–H groups in total. The van der Waals surface area contributed by atoms with Crippen molar-refractivity contribution in [1.29, 1.82) is 5.41 Å². The van der Waals surface area contributed by atoms with Crippen molar-refractivity contribution in [3.8, 4) is 11.5 Å². The average Bonchev–Trinajstić information content (AvgIpc) is 2.23. The van der Waals surface area contributed by atoms with Crippen LogP contribution in [-0.2, 0) is 0 Å². The van der Waals surface area contributed by atoms with E-state index in [0.717, 1.165) is 0 Å². The minimum atomic E-state index is -0.297. The zero-order valence-corrected chi connectivity index (χ0v) is 8.65. The van der Waals surface area contributed by atoms with Gasteiger partial charge in [-0.3, -0.25) is 15.7 Å². The largest absolute Gasteiger partial charge is 0.504 e. The lowest BCUT2D eigenvalue weighted by Crippen LogP contribution is -2.39. The minimum Gasteiger partial charge on any atom is -0.504 e. The summed E-state index contributed by atoms with van der Waals surface area (Å²) >= 11 is 0. The van der Waals surface area contributed by atoms with Crippen molar-refractivity contribution in [2.45, 2.75) is 0 Å². The van der Waals surface area contributed by atoms with E-state index >= 15 is 0 Å². The molecule has 0 aliphatic heterocycles. The minimum absolute atomic E-state index is 0.188. The van der Waals surface area contributed by atoms with Gasteiger partial charge in [0.05, 0.1) is 5.69 Å². The summed E-state index contributed by atoms with van der Waals surface area (Å²) in [5, 5.41) is 30.9. The molecule has 7 nitrogen and oxygen atoms in total. The Morgan fingerprint density at radius 2 is 2.12 bits per heavy atom. The number of anilines is 1. The summed E-state index contributed by atoms with van der Waals surface area (Å²) in [6, 6.07) is 4.45. The molecule has 1 rings (SSSR count). The smallest absolute Gasteiger partial charge is 0.202 e. The van der Waals surface area contributed by atoms with Gasteiger partial charge < -0.3 is 21.3 Å². The Morgan fingerprint density at radius 3 is 2.69 bits per heavy atom. The molecule has 0 atom stereocenters. The van der Waals surface area contributed by atoms with Gasteiger partial charge in [-0.2, -0.15) is 0 Å². The topological polar surface area (TPSA) is 127 Å². The Morgan fingerprint density at radius 1 is 1.44 bits per heavy atom. The van der Waals surface area contributed by atoms with E-state index in [1.807, 2.05) is 0 Å². The molecule has 0 bridgehead atoms. The highest BCUT2D eigenvalue weighted by Crippen LogP contribution is 2.32. The van der Waals surface area contributed by atoms with E-state index in [1.54, 1.807) is 12.1 Å². The average molecular weight is 223 g/mol. The predicted molar refractivity (Wildman–Crippen MR) is 61.8 cm³/mol. The van der Waals surface area contributed by atoms with Gasteiger partial charge in [0, 0.05) is 7.05 Å². The second-order valence-electron chi connectivity index (χ2n) is 2.91. The Balaban J connectivity index is 2.87. The van der Waals surface area contributed by atoms with Gasteiger partial charge in [-0.25, -0.2) is 0 Å². The van der Waals surface area contributed by atoms with Gasteiger partial charge in [-0.1, -0.05) is 6.07 Å². The Labute approximate surface area is 92.1 Å². The van der Waals surface area contributed by atoms with Crippen molar-refractivity contribution >= 4 is 17.6 Å². The molecule has 0 fully saturated rings. The number of hydrogen-bond donors (Lipinski definition) is 6. The van der Waals surface area contributed by atoms with Crippen LogP contribution in [0.5, 0.6) is 11.5 Å². The SMILES string of the molecule is C/N=C(\NC(=N)N)Nc1cccc(O)c1O. The van der Waals surface area contributed by atoms with Crippen molar-refractivity contribution in [2.24, 2.45) is 10.7 Å². The monoisotopic (exact) mass is 223 g/mol. The van der Waals surface area contributed by atoms with Gasteiger partial charge >= 0.3 is 0 Å². The molecule has 16 heavy (non-hydrogen) atoms. The fourth-order valence-electron chi connectivity index (χ4n) is 1.03. The highest BCUT2D eigenvalue weighted by atomic mass is 16.3. The molecular formula is C9H13N5O2. The molecule has 0 aromatic heterocycles. The number of aromatic hydroxyl groups is 2. The Kier molecular flexibility index (Phi) is 3.54. The molecule has 0 heterocycles. The van der Waals surface area contributed by atoms with Crippen LogP contribution in [0, 0.1) is 5.41 Å². The molecule has 0 unspecified atom stereocenters. The third kappa shape index (κ3) is 2.77. The van der Waals surface area contributed by atoms with Gasteiger partial charge in [-0.15, -0.1) is 0 Å². The number of nitrogens with two attached hydrogens (primary N) is 1. The van der Waals surface area contributed by atoms with E-state index in [1.165, 1.54) is 13.1 Å². The normalized spacial score (nSPS) is 10.9. The maximum absolute atomic E-state index is 9.50. The standard InChI is InChI=1S/C9H13N5O2/c1-12-9(14-8(10)11)13-5-3-2-4-6(15)7(5)16/h2-4,15-16H,1H3,(H5,10,11,12,13,14). The fourth-order valence-corrected chi connectivity index (χ4v) is 1.03. The number of nitrogens with zero attached hydrogens (tertiary/aromatic N) is 1. The molecule has 0 saturated carbocycles. The van der Waals surface area contributed by atoms with Crippen LogP contribution in [0.15, 0.2) is 23.2 Å². The highest BCUT2D eigenvalue weighted by Gasteiger charge is 2.07. The summed E-state index contributed by atoms with van der Waals surface area (Å²) in [4.78, 5) is 3.78. The van der Waals surface area contributed by atoms with Crippen LogP contribution in [0.3, 0.4) is 0 Å². The number of para-hydroxylation sites is 1. The molecule has 7 heteroatoms. The Hall–Kier alpha value is -2.44. The molecule has 86 valence electrons. The number of phenolic OH excluding ortho intramolecular Hbond substituents is 2. The predicted octanol–water partition coefficient (Wildman–Crippen LogP) is -0.0214. The van der Waals surface area contributed by atoms with E-state index in [4.69, 9.17) is 11.1 Å². The first kappa shape index (κ1) is 11.6. The zero-order chi connectivity index (χ0) is 12.1. The maximum atomic E-state index is 9.50. The van der Waals surface area contributed by atoms with E-state index in [-0.39, 0.29) is 29.1 Å². The summed E-state index contributed by atoms with van der Waals surface area (Å²) in [5.41, 5.74) is 5.39. The van der Waals surface area contributed by atoms with Gasteiger partial charge in [0.1, 0.15) is 0 Å². The molecule has 0 aliphatic rings. The quantitative estimate of drug-likeness (QED) is 0.226. The van der Waals surface area contributed by atoms with Crippen molar-refractivity contribution in [2.75, 3.05) is 12.4 Å². The first-order valence-electron chi connectivity index (χ1n) is 4.40. The third-order valence-electron chi connectivity index (χ3n) is 1.74. The Bertz CT molecular complexity index is 430. The van der Waals surface area contributed by atoms with E-state index in [9.17, 15) is 10.2 Å². The van der Waals surface area contributed by atoms with Crippen molar-refractivity contribution < 1.29 is 10.2 Å². The van der Waals surface area contributed by atoms with Gasteiger partial charge in [0.15, 0.2) is 17.5 Å². The van der Waals surface area contributed by atoms with Crippen molar-refractivity contribution in [3.05, 3.63) is 18.2 Å². The highest BCUT2D eigenvalue weighted by molar-refractivity contribution is 6.04. The van der Waals surface area contributed by atoms with Gasteiger partial charge in [0.2, 0.25) is 5.96 Å². The lowest BCUT2D eigenvalue weighted by Gasteiger charge is -2.11. The number of aliphatic imine (C=N–C) groups is 1. The number of benzene rings is 1. The zero-order valence-electron chi connectivity index (χ0n) is 8.65. The van der Waals surface area contributed by atoms with Gasteiger partial charge in [-0.05, 0) is 12.1 Å². The lowest BCUT2D eigenvalue weighted by molar-refractivity contribution is 0.405. The second-order valence-corrected chi connectivity index (χ2v) is 2.91. The summed E-state index contributed by atoms with van der Waals surface area (Å²) in [5.74, 6) is -0.640. The van der Waals surface area contributed by atoms with Crippen LogP contribution in [0.25, 0.3) is 0 Å². The first-order valence-corrected chi connectivity index (χ1v) is 4.40. The van der Waals surface area contributed by atoms with E-state index < -0.39 is 0 Å². The first-order chi connectivity index (χ1) is 7.54. The summed E-state index contributed by atoms with van der Waals surface area (Å²) in [6.45, 7) is 0. The van der Waals surface area contributed by atoms with Crippen LogP contribution in [0.2, 0.25) is 0 Å². The molecule has 1 aromatic rings. The molecule has 0 aliphatic carbocycles. The molecular weight excluding hydrogens is 210 g/mol. The molecule has 0 amide bonds. The van der Waals surface area contributed by atoms with Crippen LogP contribution >= 0.6 is 0 Å². The third-order valence-corrected chi connectivity index (χ3v) is 1.74. The van der Waals surface area contributed by atoms with Crippen LogP contribution in [0.1, 0.15) is 0 Å². The molecule has 1 aromatic carbocycles. The van der Waals surface area contributed by atoms with Gasteiger partial charge in [0.25, 0.3) is 0 Å². The van der Waals surface area contributed by atoms with Crippen molar-refractivity contribution in [1.82, 2.24) is 5.32 Å². The van der Waals surface area contributed by atoms with E-state index in [0.29, 0.717) is 0 Å². The van der Waals surface area contributed by atoms with Crippen LogP contribution < -0.4 is 16.4 Å². The maximum Gasteiger partial charge on any atom is 0.202 e. The van der Waals surface area contributed by atoms with Crippen LogP contribution in [0.4, 0.5) is 5.69 Å². The van der Waals surface area contributed by atoms with E-state index in [2.05, 4.69) is 15.6 Å². The molecule has 0 spiro atoms. The van der Waals surface area contributed by atoms with Crippen molar-refractivity contribution in [3.63, 3.8) is 0 Å². The second kappa shape index (κ2) is 4.87. The molecule has 0 radical (unpaired) electrons. The molecule has 0 saturated heterocycles. The number of nitrogens with one attached hydrogen (secondary N) is 3.